The van der Waals surface area contributed by atoms with E-state index < -0.39 is 5.60 Å². The highest BCUT2D eigenvalue weighted by Crippen LogP contribution is 2.68. The molecule has 7 nitrogen and oxygen atoms in total. The number of pyridine rings is 1. The average molecular weight is 481 g/mol. The zero-order valence-corrected chi connectivity index (χ0v) is 21.4. The molecule has 0 aromatic carbocycles. The second-order valence-electron chi connectivity index (χ2n) is 12.8. The molecule has 0 aliphatic heterocycles. The summed E-state index contributed by atoms with van der Waals surface area (Å²) in [5, 5.41) is 19.5. The Hall–Kier alpha value is -1.86. The maximum Gasteiger partial charge on any atom is 0.157 e. The summed E-state index contributed by atoms with van der Waals surface area (Å²) in [5.41, 5.74) is 1.37. The van der Waals surface area contributed by atoms with Crippen LogP contribution < -0.4 is 0 Å². The molecule has 2 heterocycles. The fraction of sp³-hybridized carbons (Fsp3) is 0.786. The SMILES string of the molecule is COC[C@@]1(O)CCC2(C)[C@@H](CC[C@@H]3[C@@H]2CC[C@]2(C)[C@@H](C(=O)Cn4nnc5cnccc54)CC[C@@H]32)C1. The molecular formula is C28H40N4O3. The maximum absolute atomic E-state index is 13.7. The number of hydrogen-bond acceptors (Lipinski definition) is 6. The van der Waals surface area contributed by atoms with E-state index in [0.29, 0.717) is 48.0 Å². The second kappa shape index (κ2) is 8.34. The summed E-state index contributed by atoms with van der Waals surface area (Å²) in [5.74, 6) is 3.06. The van der Waals surface area contributed by atoms with Gasteiger partial charge in [0.25, 0.3) is 0 Å². The summed E-state index contributed by atoms with van der Waals surface area (Å²) >= 11 is 0. The van der Waals surface area contributed by atoms with Crippen molar-refractivity contribution in [2.45, 2.75) is 83.8 Å². The van der Waals surface area contributed by atoms with Crippen molar-refractivity contribution in [1.82, 2.24) is 20.0 Å². The van der Waals surface area contributed by atoms with Crippen molar-refractivity contribution in [3.63, 3.8) is 0 Å². The molecule has 0 bridgehead atoms. The van der Waals surface area contributed by atoms with Crippen molar-refractivity contribution < 1.29 is 14.6 Å². The van der Waals surface area contributed by atoms with Gasteiger partial charge in [-0.15, -0.1) is 5.10 Å². The minimum atomic E-state index is -0.651. The Labute approximate surface area is 208 Å². The molecule has 0 amide bonds. The molecule has 1 unspecified atom stereocenters. The number of carbonyl (C=O) groups is 1. The first-order chi connectivity index (χ1) is 16.8. The molecule has 4 saturated carbocycles. The molecule has 2 aromatic rings. The van der Waals surface area contributed by atoms with E-state index >= 15 is 0 Å². The number of Topliss-reactive ketones (excluding diaryl/α,β-unsaturated/α-hetero) is 1. The molecule has 6 rings (SSSR count). The summed E-state index contributed by atoms with van der Waals surface area (Å²) < 4.78 is 7.13. The van der Waals surface area contributed by atoms with Crippen LogP contribution in [0.25, 0.3) is 11.0 Å². The van der Waals surface area contributed by atoms with Crippen LogP contribution >= 0.6 is 0 Å². The highest BCUT2D eigenvalue weighted by atomic mass is 16.5. The van der Waals surface area contributed by atoms with Crippen LogP contribution in [-0.2, 0) is 16.1 Å². The zero-order chi connectivity index (χ0) is 24.4. The molecule has 190 valence electrons. The predicted molar refractivity (Wildman–Crippen MR) is 132 cm³/mol. The van der Waals surface area contributed by atoms with Crippen LogP contribution in [0.4, 0.5) is 0 Å². The highest BCUT2D eigenvalue weighted by Gasteiger charge is 2.62. The first-order valence-corrected chi connectivity index (χ1v) is 13.6. The number of rotatable bonds is 5. The van der Waals surface area contributed by atoms with Crippen molar-refractivity contribution in [2.75, 3.05) is 13.7 Å². The fourth-order valence-corrected chi connectivity index (χ4v) is 9.45. The third-order valence-electron chi connectivity index (χ3n) is 11.2. The lowest BCUT2D eigenvalue weighted by Crippen LogP contribution is -2.57. The Morgan fingerprint density at radius 1 is 1.11 bits per heavy atom. The Morgan fingerprint density at radius 3 is 2.77 bits per heavy atom. The molecule has 0 radical (unpaired) electrons. The molecule has 0 saturated heterocycles. The van der Waals surface area contributed by atoms with Crippen LogP contribution in [0.3, 0.4) is 0 Å². The average Bonchev–Trinajstić information content (AvgIpc) is 3.40. The number of fused-ring (bicyclic) bond motifs is 6. The van der Waals surface area contributed by atoms with E-state index in [9.17, 15) is 9.90 Å². The van der Waals surface area contributed by atoms with Gasteiger partial charge < -0.3 is 9.84 Å². The first-order valence-electron chi connectivity index (χ1n) is 13.6. The predicted octanol–water partition coefficient (Wildman–Crippen LogP) is 4.43. The smallest absolute Gasteiger partial charge is 0.157 e. The molecule has 0 spiro atoms. The van der Waals surface area contributed by atoms with E-state index in [1.165, 1.54) is 25.7 Å². The van der Waals surface area contributed by atoms with Crippen LogP contribution in [0.5, 0.6) is 0 Å². The number of nitrogens with zero attached hydrogens (tertiary/aromatic N) is 4. The van der Waals surface area contributed by atoms with Crippen molar-refractivity contribution >= 4 is 16.8 Å². The van der Waals surface area contributed by atoms with Gasteiger partial charge >= 0.3 is 0 Å². The van der Waals surface area contributed by atoms with Gasteiger partial charge in [-0.1, -0.05) is 19.1 Å². The van der Waals surface area contributed by atoms with E-state index in [-0.39, 0.29) is 11.3 Å². The van der Waals surface area contributed by atoms with Crippen molar-refractivity contribution in [3.8, 4) is 0 Å². The highest BCUT2D eigenvalue weighted by molar-refractivity contribution is 5.84. The summed E-state index contributed by atoms with van der Waals surface area (Å²) in [6, 6.07) is 1.89. The summed E-state index contributed by atoms with van der Waals surface area (Å²) in [6.45, 7) is 5.69. The number of aliphatic hydroxyl groups is 1. The Bertz CT molecular complexity index is 1120. The Balaban J connectivity index is 1.20. The third-order valence-corrected chi connectivity index (χ3v) is 11.2. The number of hydrogen-bond donors (Lipinski definition) is 1. The normalized spacial score (nSPS) is 42.9. The molecule has 4 aliphatic rings. The summed E-state index contributed by atoms with van der Waals surface area (Å²) in [7, 11) is 1.70. The molecule has 1 N–H and O–H groups in total. The summed E-state index contributed by atoms with van der Waals surface area (Å²) in [4.78, 5) is 17.8. The van der Waals surface area contributed by atoms with Gasteiger partial charge in [-0.3, -0.25) is 9.78 Å². The van der Waals surface area contributed by atoms with Crippen molar-refractivity contribution in [3.05, 3.63) is 18.5 Å². The molecule has 4 fully saturated rings. The minimum Gasteiger partial charge on any atom is -0.387 e. The monoisotopic (exact) mass is 480 g/mol. The molecular weight excluding hydrogens is 440 g/mol. The third kappa shape index (κ3) is 3.59. The van der Waals surface area contributed by atoms with E-state index in [4.69, 9.17) is 4.74 Å². The van der Waals surface area contributed by atoms with Crippen LogP contribution in [0.15, 0.2) is 18.5 Å². The van der Waals surface area contributed by atoms with Gasteiger partial charge in [-0.25, -0.2) is 4.68 Å². The zero-order valence-electron chi connectivity index (χ0n) is 21.4. The second-order valence-corrected chi connectivity index (χ2v) is 12.8. The molecule has 2 aromatic heterocycles. The standard InChI is InChI=1S/C28H40N4O3/c1-26-11-12-28(34,17-35-3)14-18(26)4-5-19-20-6-7-22(27(20,2)10-8-21(19)26)25(33)16-32-24-9-13-29-15-23(24)30-31-32/h9,13,15,18-22,34H,4-8,10-12,14,16-17H2,1-3H3/t18-,19-,20-,21-,22+,26?,27-,28+/m0/s1. The fourth-order valence-electron chi connectivity index (χ4n) is 9.45. The van der Waals surface area contributed by atoms with Crippen LogP contribution in [0.1, 0.15) is 71.6 Å². The van der Waals surface area contributed by atoms with Crippen LogP contribution in [0, 0.1) is 40.4 Å². The minimum absolute atomic E-state index is 0.0881. The van der Waals surface area contributed by atoms with Crippen LogP contribution in [-0.4, -0.2) is 50.2 Å². The van der Waals surface area contributed by atoms with Crippen LogP contribution in [0.2, 0.25) is 0 Å². The number of aromatic nitrogens is 4. The first kappa shape index (κ1) is 23.5. The molecule has 35 heavy (non-hydrogen) atoms. The Kier molecular flexibility index (Phi) is 5.61. The van der Waals surface area contributed by atoms with E-state index in [2.05, 4.69) is 29.1 Å². The number of ether oxygens (including phenoxy) is 1. The van der Waals surface area contributed by atoms with Gasteiger partial charge in [-0.05, 0) is 98.4 Å². The van der Waals surface area contributed by atoms with Gasteiger partial charge in [0.05, 0.1) is 23.9 Å². The lowest BCUT2D eigenvalue weighted by atomic mass is 9.44. The quantitative estimate of drug-likeness (QED) is 0.681. The number of carbonyl (C=O) groups excluding carboxylic acids is 1. The van der Waals surface area contributed by atoms with E-state index in [1.54, 1.807) is 24.2 Å². The lowest BCUT2D eigenvalue weighted by Gasteiger charge is -2.62. The topological polar surface area (TPSA) is 90.1 Å². The van der Waals surface area contributed by atoms with Crippen molar-refractivity contribution in [1.29, 1.82) is 0 Å². The van der Waals surface area contributed by atoms with E-state index in [0.717, 1.165) is 43.1 Å². The van der Waals surface area contributed by atoms with Gasteiger partial charge in [0.2, 0.25) is 0 Å². The molecule has 4 aliphatic carbocycles. The molecule has 7 heteroatoms. The lowest BCUT2D eigenvalue weighted by molar-refractivity contribution is -0.164. The van der Waals surface area contributed by atoms with Gasteiger partial charge in [0, 0.05) is 19.2 Å². The summed E-state index contributed by atoms with van der Waals surface area (Å²) in [6.07, 6.45) is 13.2. The maximum atomic E-state index is 13.7. The van der Waals surface area contributed by atoms with Crippen molar-refractivity contribution in [2.24, 2.45) is 40.4 Å². The molecule has 8 atom stereocenters. The van der Waals surface area contributed by atoms with Gasteiger partial charge in [0.1, 0.15) is 12.1 Å². The Morgan fingerprint density at radius 2 is 1.94 bits per heavy atom. The largest absolute Gasteiger partial charge is 0.387 e. The number of ketones is 1. The van der Waals surface area contributed by atoms with E-state index in [1.807, 2.05) is 6.07 Å². The number of methoxy groups -OCH3 is 1. The van der Waals surface area contributed by atoms with Gasteiger partial charge in [-0.2, -0.15) is 0 Å². The van der Waals surface area contributed by atoms with Gasteiger partial charge in [0.15, 0.2) is 5.78 Å².